The van der Waals surface area contributed by atoms with Crippen LogP contribution in [-0.2, 0) is 12.8 Å². The standard InChI is InChI=1S/2C20H17BrN2O/c2*1-15(19(24)17-5-3-2-4-6-17)11-20(13-22,14-23)12-16-7-9-18(21)10-8-16/h2*2-10,15H,11-12H2,1H3/t2*15-/m00/s1. The Morgan fingerprint density at radius 3 is 1.10 bits per heavy atom. The molecule has 0 aromatic heterocycles. The smallest absolute Gasteiger partial charge is 0.165 e. The van der Waals surface area contributed by atoms with Gasteiger partial charge >= 0.3 is 0 Å². The molecule has 4 rings (SSSR count). The summed E-state index contributed by atoms with van der Waals surface area (Å²) in [5.74, 6) is -0.883. The van der Waals surface area contributed by atoms with E-state index in [0.29, 0.717) is 24.0 Å². The molecule has 0 amide bonds. The van der Waals surface area contributed by atoms with Gasteiger partial charge < -0.3 is 0 Å². The van der Waals surface area contributed by atoms with Crippen LogP contribution in [0.4, 0.5) is 0 Å². The third-order valence-electron chi connectivity index (χ3n) is 8.02. The van der Waals surface area contributed by atoms with Crippen molar-refractivity contribution < 1.29 is 9.59 Å². The number of hydrogen-bond donors (Lipinski definition) is 0. The second kappa shape index (κ2) is 17.9. The van der Waals surface area contributed by atoms with Crippen molar-refractivity contribution in [2.75, 3.05) is 0 Å². The zero-order chi connectivity index (χ0) is 35.2. The van der Waals surface area contributed by atoms with Gasteiger partial charge in [-0.3, -0.25) is 9.59 Å². The van der Waals surface area contributed by atoms with Crippen molar-refractivity contribution in [3.8, 4) is 24.3 Å². The molecule has 8 heteroatoms. The van der Waals surface area contributed by atoms with E-state index < -0.39 is 22.7 Å². The molecule has 6 nitrogen and oxygen atoms in total. The molecule has 0 radical (unpaired) electrons. The van der Waals surface area contributed by atoms with Crippen molar-refractivity contribution in [3.63, 3.8) is 0 Å². The lowest BCUT2D eigenvalue weighted by Crippen LogP contribution is -2.26. The van der Waals surface area contributed by atoms with Gasteiger partial charge in [0.25, 0.3) is 0 Å². The Hall–Kier alpha value is -4.86. The van der Waals surface area contributed by atoms with E-state index in [9.17, 15) is 30.6 Å². The lowest BCUT2D eigenvalue weighted by molar-refractivity contribution is 0.0902. The molecule has 0 saturated heterocycles. The molecule has 240 valence electrons. The molecule has 0 bridgehead atoms. The third kappa shape index (κ3) is 10.6. The van der Waals surface area contributed by atoms with Crippen LogP contribution in [0.1, 0.15) is 58.5 Å². The number of benzene rings is 4. The summed E-state index contributed by atoms with van der Waals surface area (Å²) in [5.41, 5.74) is 0.605. The van der Waals surface area contributed by atoms with Crippen molar-refractivity contribution in [1.82, 2.24) is 0 Å². The Morgan fingerprint density at radius 1 is 0.542 bits per heavy atom. The maximum absolute atomic E-state index is 12.5. The molecule has 0 heterocycles. The molecule has 0 unspecified atom stereocenters. The topological polar surface area (TPSA) is 129 Å². The molecule has 2 atom stereocenters. The first-order valence-corrected chi connectivity index (χ1v) is 16.9. The predicted octanol–water partition coefficient (Wildman–Crippen LogP) is 9.87. The maximum atomic E-state index is 12.5. The van der Waals surface area contributed by atoms with Gasteiger partial charge in [0.15, 0.2) is 11.6 Å². The van der Waals surface area contributed by atoms with E-state index in [1.807, 2.05) is 84.9 Å². The summed E-state index contributed by atoms with van der Waals surface area (Å²) in [5, 5.41) is 38.4. The fraction of sp³-hybridized carbons (Fsp3) is 0.250. The molecule has 48 heavy (non-hydrogen) atoms. The fourth-order valence-corrected chi connectivity index (χ4v) is 5.97. The quantitative estimate of drug-likeness (QED) is 0.132. The number of Topliss-reactive ketones (excluding diaryl/α,β-unsaturated/α-hetero) is 2. The van der Waals surface area contributed by atoms with E-state index in [0.717, 1.165) is 20.1 Å². The number of nitrogens with zero attached hydrogens (tertiary/aromatic N) is 4. The van der Waals surface area contributed by atoms with E-state index in [2.05, 4.69) is 56.1 Å². The Morgan fingerprint density at radius 2 is 0.833 bits per heavy atom. The van der Waals surface area contributed by atoms with Gasteiger partial charge in [-0.25, -0.2) is 0 Å². The van der Waals surface area contributed by atoms with E-state index in [1.165, 1.54) is 0 Å². The van der Waals surface area contributed by atoms with Crippen LogP contribution in [0.25, 0.3) is 0 Å². The highest BCUT2D eigenvalue weighted by atomic mass is 79.9. The average Bonchev–Trinajstić information content (AvgIpc) is 3.13. The van der Waals surface area contributed by atoms with Gasteiger partial charge in [0.05, 0.1) is 24.3 Å². The lowest BCUT2D eigenvalue weighted by atomic mass is 9.76. The molecule has 0 spiro atoms. The highest BCUT2D eigenvalue weighted by Crippen LogP contribution is 2.33. The van der Waals surface area contributed by atoms with Crippen LogP contribution in [-0.4, -0.2) is 11.6 Å². The van der Waals surface area contributed by atoms with Crippen LogP contribution in [0.15, 0.2) is 118 Å². The van der Waals surface area contributed by atoms with Crippen molar-refractivity contribution in [2.45, 2.75) is 39.5 Å². The second-order valence-electron chi connectivity index (χ2n) is 11.9. The normalized spacial score (nSPS) is 12.0. The molecule has 4 aromatic rings. The van der Waals surface area contributed by atoms with Gasteiger partial charge in [0.2, 0.25) is 0 Å². The van der Waals surface area contributed by atoms with E-state index in [1.54, 1.807) is 38.1 Å². The summed E-state index contributed by atoms with van der Waals surface area (Å²) in [6.07, 6.45) is 1.03. The Kier molecular flexibility index (Phi) is 14.0. The summed E-state index contributed by atoms with van der Waals surface area (Å²) in [7, 11) is 0. The summed E-state index contributed by atoms with van der Waals surface area (Å²) >= 11 is 6.74. The minimum Gasteiger partial charge on any atom is -0.294 e. The highest BCUT2D eigenvalue weighted by molar-refractivity contribution is 9.10. The number of rotatable bonds is 12. The van der Waals surface area contributed by atoms with E-state index >= 15 is 0 Å². The number of nitriles is 4. The van der Waals surface area contributed by atoms with Crippen molar-refractivity contribution in [2.24, 2.45) is 22.7 Å². The predicted molar refractivity (Wildman–Crippen MR) is 192 cm³/mol. The number of carbonyl (C=O) groups is 2. The Bertz CT molecular complexity index is 1680. The van der Waals surface area contributed by atoms with Crippen LogP contribution in [0.3, 0.4) is 0 Å². The summed E-state index contributed by atoms with van der Waals surface area (Å²) < 4.78 is 1.89. The van der Waals surface area contributed by atoms with Crippen LogP contribution in [0.5, 0.6) is 0 Å². The van der Waals surface area contributed by atoms with Crippen molar-refractivity contribution in [3.05, 3.63) is 140 Å². The summed E-state index contributed by atoms with van der Waals surface area (Å²) in [4.78, 5) is 25.1. The molecular weight excluding hydrogens is 728 g/mol. The number of ketones is 2. The van der Waals surface area contributed by atoms with E-state index in [-0.39, 0.29) is 24.4 Å². The monoisotopic (exact) mass is 760 g/mol. The Labute approximate surface area is 299 Å². The molecule has 0 aliphatic heterocycles. The van der Waals surface area contributed by atoms with Gasteiger partial charge in [-0.2, -0.15) is 21.0 Å². The largest absolute Gasteiger partial charge is 0.294 e. The minimum absolute atomic E-state index is 0.0405. The van der Waals surface area contributed by atoms with Gasteiger partial charge in [0.1, 0.15) is 10.8 Å². The highest BCUT2D eigenvalue weighted by Gasteiger charge is 2.36. The SMILES string of the molecule is C[C@@H](CC(C#N)(C#N)Cc1ccc(Br)cc1)C(=O)c1ccccc1.C[C@@H](CC(C#N)(C#N)Cc1ccc(Br)cc1)C(=O)c1ccccc1. The second-order valence-corrected chi connectivity index (χ2v) is 13.7. The van der Waals surface area contributed by atoms with Crippen LogP contribution in [0.2, 0.25) is 0 Å². The van der Waals surface area contributed by atoms with Gasteiger partial charge in [-0.15, -0.1) is 0 Å². The average molecular weight is 763 g/mol. The van der Waals surface area contributed by atoms with Crippen LogP contribution < -0.4 is 0 Å². The molecular formula is C40H34Br2N4O2. The Balaban J connectivity index is 0.000000260. The maximum Gasteiger partial charge on any atom is 0.165 e. The van der Waals surface area contributed by atoms with Gasteiger partial charge in [-0.1, -0.05) is 131 Å². The summed E-state index contributed by atoms with van der Waals surface area (Å²) in [6, 6.07) is 41.6. The third-order valence-corrected chi connectivity index (χ3v) is 9.07. The molecule has 4 aromatic carbocycles. The lowest BCUT2D eigenvalue weighted by Gasteiger charge is -2.22. The fourth-order valence-electron chi connectivity index (χ4n) is 5.44. The first kappa shape index (κ1) is 37.6. The number of halogens is 2. The minimum atomic E-state index is -1.21. The molecule has 0 saturated carbocycles. The van der Waals surface area contributed by atoms with Gasteiger partial charge in [-0.05, 0) is 48.2 Å². The molecule has 0 aliphatic rings. The molecule has 0 fully saturated rings. The van der Waals surface area contributed by atoms with Crippen LogP contribution in [0, 0.1) is 68.0 Å². The summed E-state index contributed by atoms with van der Waals surface area (Å²) in [6.45, 7) is 3.56. The zero-order valence-electron chi connectivity index (χ0n) is 26.7. The number of carbonyl (C=O) groups excluding carboxylic acids is 2. The van der Waals surface area contributed by atoms with Crippen molar-refractivity contribution in [1.29, 1.82) is 21.0 Å². The van der Waals surface area contributed by atoms with Crippen molar-refractivity contribution >= 4 is 43.4 Å². The van der Waals surface area contributed by atoms with E-state index in [4.69, 9.17) is 0 Å². The number of hydrogen-bond acceptors (Lipinski definition) is 6. The van der Waals surface area contributed by atoms with Gasteiger partial charge in [0, 0.05) is 44.7 Å². The first-order valence-electron chi connectivity index (χ1n) is 15.3. The molecule has 0 aliphatic carbocycles. The zero-order valence-corrected chi connectivity index (χ0v) is 29.9. The molecule has 0 N–H and O–H groups in total. The van der Waals surface area contributed by atoms with Crippen LogP contribution >= 0.6 is 31.9 Å². The first-order chi connectivity index (χ1) is 23.0.